The third kappa shape index (κ3) is 8.94. The molecule has 1 amide bonds. The number of primary amides is 1. The SMILES string of the molecule is COCCCOc1cc(C[C@@H](C[C@H](N)[C@@H](O)CNc2c(NCC(C)(C)C(N)=O)c(=O)c2=O)C(C)C)ccc1OC. The van der Waals surface area contributed by atoms with Gasteiger partial charge >= 0.3 is 0 Å². The summed E-state index contributed by atoms with van der Waals surface area (Å²) in [6.07, 6.45) is 1.07. The predicted octanol–water partition coefficient (Wildman–Crippen LogP) is 1.64. The lowest BCUT2D eigenvalue weighted by Gasteiger charge is -2.28. The van der Waals surface area contributed by atoms with Gasteiger partial charge in [-0.25, -0.2) is 0 Å². The minimum absolute atomic E-state index is 0.00722. The average Bonchev–Trinajstić information content (AvgIpc) is 2.91. The Bertz CT molecular complexity index is 1170. The molecule has 0 bridgehead atoms. The summed E-state index contributed by atoms with van der Waals surface area (Å²) < 4.78 is 16.4. The van der Waals surface area contributed by atoms with Gasteiger partial charge in [0.15, 0.2) is 11.5 Å². The summed E-state index contributed by atoms with van der Waals surface area (Å²) in [5.74, 6) is 1.25. The van der Waals surface area contributed by atoms with Gasteiger partial charge in [-0.1, -0.05) is 19.9 Å². The van der Waals surface area contributed by atoms with Crippen LogP contribution in [0.3, 0.4) is 0 Å². The Labute approximate surface area is 236 Å². The van der Waals surface area contributed by atoms with E-state index in [0.717, 1.165) is 18.4 Å². The monoisotopic (exact) mass is 562 g/mol. The summed E-state index contributed by atoms with van der Waals surface area (Å²) >= 11 is 0. The van der Waals surface area contributed by atoms with Gasteiger partial charge in [0.2, 0.25) is 5.91 Å². The number of nitrogens with two attached hydrogens (primary N) is 2. The number of carbonyl (C=O) groups is 1. The van der Waals surface area contributed by atoms with Crippen LogP contribution in [0.25, 0.3) is 0 Å². The van der Waals surface area contributed by atoms with Gasteiger partial charge in [-0.05, 0) is 56.2 Å². The summed E-state index contributed by atoms with van der Waals surface area (Å²) in [7, 11) is 3.26. The van der Waals surface area contributed by atoms with Crippen LogP contribution in [0.1, 0.15) is 46.1 Å². The minimum atomic E-state index is -0.962. The zero-order valence-electron chi connectivity index (χ0n) is 24.5. The van der Waals surface area contributed by atoms with E-state index in [4.69, 9.17) is 25.7 Å². The first-order chi connectivity index (χ1) is 18.8. The zero-order valence-corrected chi connectivity index (χ0v) is 24.5. The fourth-order valence-electron chi connectivity index (χ4n) is 4.23. The minimum Gasteiger partial charge on any atom is -0.493 e. The molecule has 0 aliphatic carbocycles. The number of methoxy groups -OCH3 is 2. The number of nitrogens with one attached hydrogen (secondary N) is 2. The number of ether oxygens (including phenoxy) is 3. The summed E-state index contributed by atoms with van der Waals surface area (Å²) in [5.41, 5.74) is 10.7. The van der Waals surface area contributed by atoms with Crippen LogP contribution in [0.5, 0.6) is 11.5 Å². The van der Waals surface area contributed by atoms with Crippen LogP contribution >= 0.6 is 0 Å². The van der Waals surface area contributed by atoms with Gasteiger partial charge in [0.05, 0.1) is 25.2 Å². The van der Waals surface area contributed by atoms with Crippen LogP contribution in [-0.4, -0.2) is 63.7 Å². The van der Waals surface area contributed by atoms with Crippen LogP contribution in [-0.2, 0) is 16.0 Å². The summed E-state index contributed by atoms with van der Waals surface area (Å²) in [6.45, 7) is 8.70. The van der Waals surface area contributed by atoms with Crippen LogP contribution in [0.15, 0.2) is 27.8 Å². The van der Waals surface area contributed by atoms with E-state index in [9.17, 15) is 19.5 Å². The molecule has 0 aliphatic heterocycles. The van der Waals surface area contributed by atoms with Crippen molar-refractivity contribution in [3.8, 4) is 11.5 Å². The van der Waals surface area contributed by atoms with Crippen molar-refractivity contribution in [1.82, 2.24) is 0 Å². The molecule has 0 aliphatic rings. The molecule has 0 saturated heterocycles. The molecule has 7 N–H and O–H groups in total. The first-order valence-electron chi connectivity index (χ1n) is 13.7. The van der Waals surface area contributed by atoms with Gasteiger partial charge in [0, 0.05) is 39.3 Å². The molecule has 0 unspecified atom stereocenters. The molecular weight excluding hydrogens is 516 g/mol. The number of rotatable bonds is 19. The van der Waals surface area contributed by atoms with Gasteiger partial charge in [0.1, 0.15) is 11.4 Å². The van der Waals surface area contributed by atoms with Gasteiger partial charge in [-0.3, -0.25) is 14.4 Å². The van der Waals surface area contributed by atoms with Crippen molar-refractivity contribution in [2.24, 2.45) is 28.7 Å². The van der Waals surface area contributed by atoms with Crippen molar-refractivity contribution in [3.63, 3.8) is 0 Å². The van der Waals surface area contributed by atoms with Crippen LogP contribution in [0.4, 0.5) is 11.4 Å². The molecule has 0 spiro atoms. The topological polar surface area (TPSA) is 175 Å². The van der Waals surface area contributed by atoms with Crippen molar-refractivity contribution in [2.45, 2.75) is 59.1 Å². The van der Waals surface area contributed by atoms with E-state index in [2.05, 4.69) is 24.5 Å². The first kappa shape index (κ1) is 33.1. The maximum absolute atomic E-state index is 12.1. The second kappa shape index (κ2) is 15.0. The molecule has 40 heavy (non-hydrogen) atoms. The Morgan fingerprint density at radius 2 is 1.70 bits per heavy atom. The Balaban J connectivity index is 2.00. The molecule has 2 aromatic rings. The Morgan fingerprint density at radius 1 is 1.05 bits per heavy atom. The molecule has 0 saturated carbocycles. The van der Waals surface area contributed by atoms with E-state index in [1.165, 1.54) is 0 Å². The molecule has 2 aromatic carbocycles. The third-order valence-corrected chi connectivity index (χ3v) is 7.26. The molecule has 2 rings (SSSR count). The van der Waals surface area contributed by atoms with Gasteiger partial charge in [0.25, 0.3) is 10.9 Å². The van der Waals surface area contributed by atoms with Crippen LogP contribution in [0, 0.1) is 17.3 Å². The molecular formula is C29H46N4O7. The van der Waals surface area contributed by atoms with Gasteiger partial charge in [-0.15, -0.1) is 0 Å². The lowest BCUT2D eigenvalue weighted by atomic mass is 9.83. The fraction of sp³-hybridized carbons (Fsp3) is 0.621. The summed E-state index contributed by atoms with van der Waals surface area (Å²) in [4.78, 5) is 35.7. The number of carbonyl (C=O) groups excluding carboxylic acids is 1. The number of aliphatic hydroxyl groups is 1. The molecule has 0 radical (unpaired) electrons. The Kier molecular flexibility index (Phi) is 12.4. The lowest BCUT2D eigenvalue weighted by Crippen LogP contribution is -2.45. The lowest BCUT2D eigenvalue weighted by molar-refractivity contribution is -0.125. The van der Waals surface area contributed by atoms with E-state index >= 15 is 0 Å². The molecule has 11 heteroatoms. The average molecular weight is 563 g/mol. The van der Waals surface area contributed by atoms with E-state index in [0.29, 0.717) is 31.1 Å². The predicted molar refractivity (Wildman–Crippen MR) is 157 cm³/mol. The number of aliphatic hydroxyl groups excluding tert-OH is 1. The Morgan fingerprint density at radius 3 is 2.27 bits per heavy atom. The van der Waals surface area contributed by atoms with Crippen molar-refractivity contribution >= 4 is 17.3 Å². The largest absolute Gasteiger partial charge is 0.493 e. The number of hydrogen-bond donors (Lipinski definition) is 5. The van der Waals surface area contributed by atoms with Crippen molar-refractivity contribution in [3.05, 3.63) is 44.2 Å². The van der Waals surface area contributed by atoms with E-state index < -0.39 is 34.3 Å². The standard InChI is InChI=1S/C29H46N4O7/c1-17(2)19(12-18-8-9-22(39-6)23(13-18)40-11-7-10-38-5)14-20(30)21(34)15-32-24-25(27(36)26(24)35)33-16-29(3,4)28(31)37/h8-9,13,17,19-21,32-34H,7,10-12,14-16,30H2,1-6H3,(H2,31,37)/t19-,20-,21-/m0/s1. The molecule has 224 valence electrons. The summed E-state index contributed by atoms with van der Waals surface area (Å²) in [6, 6.07) is 5.29. The molecule has 0 fully saturated rings. The maximum Gasteiger partial charge on any atom is 0.253 e. The van der Waals surface area contributed by atoms with Crippen LogP contribution < -0.4 is 42.4 Å². The first-order valence-corrected chi connectivity index (χ1v) is 13.7. The van der Waals surface area contributed by atoms with E-state index in [-0.39, 0.29) is 36.3 Å². The fourth-order valence-corrected chi connectivity index (χ4v) is 4.23. The number of benzene rings is 1. The van der Waals surface area contributed by atoms with E-state index in [1.54, 1.807) is 28.1 Å². The molecule has 3 atom stereocenters. The molecule has 0 heterocycles. The molecule has 0 aromatic heterocycles. The quantitative estimate of drug-likeness (QED) is 0.125. The normalized spacial score (nSPS) is 14.1. The second-order valence-electron chi connectivity index (χ2n) is 11.2. The maximum atomic E-state index is 12.1. The number of amides is 1. The Hall–Kier alpha value is -3.15. The van der Waals surface area contributed by atoms with Crippen molar-refractivity contribution in [1.29, 1.82) is 0 Å². The highest BCUT2D eigenvalue weighted by molar-refractivity contribution is 5.81. The van der Waals surface area contributed by atoms with Crippen molar-refractivity contribution < 1.29 is 24.1 Å². The summed E-state index contributed by atoms with van der Waals surface area (Å²) in [5, 5.41) is 16.5. The number of hydrogen-bond acceptors (Lipinski definition) is 10. The highest BCUT2D eigenvalue weighted by Gasteiger charge is 2.29. The highest BCUT2D eigenvalue weighted by atomic mass is 16.5. The third-order valence-electron chi connectivity index (χ3n) is 7.26. The molecule has 11 nitrogen and oxygen atoms in total. The highest BCUT2D eigenvalue weighted by Crippen LogP contribution is 2.31. The second-order valence-corrected chi connectivity index (χ2v) is 11.2. The number of anilines is 2. The smallest absolute Gasteiger partial charge is 0.253 e. The zero-order chi connectivity index (χ0) is 30.0. The van der Waals surface area contributed by atoms with E-state index in [1.807, 2.05) is 18.2 Å². The van der Waals surface area contributed by atoms with Crippen LogP contribution in [0.2, 0.25) is 0 Å². The van der Waals surface area contributed by atoms with Crippen molar-refractivity contribution in [2.75, 3.05) is 51.2 Å². The van der Waals surface area contributed by atoms with Gasteiger partial charge in [-0.2, -0.15) is 0 Å². The van der Waals surface area contributed by atoms with Gasteiger partial charge < -0.3 is 41.4 Å².